The molecule has 0 aliphatic carbocycles. The fourth-order valence-electron chi connectivity index (χ4n) is 4.15. The van der Waals surface area contributed by atoms with Crippen molar-refractivity contribution in [2.24, 2.45) is 5.92 Å². The monoisotopic (exact) mass is 366 g/mol. The number of aromatic nitrogens is 3. The van der Waals surface area contributed by atoms with Gasteiger partial charge in [-0.3, -0.25) is 9.59 Å². The van der Waals surface area contributed by atoms with Gasteiger partial charge in [-0.2, -0.15) is 0 Å². The fourth-order valence-corrected chi connectivity index (χ4v) is 4.15. The molecule has 3 heterocycles. The van der Waals surface area contributed by atoms with Crippen LogP contribution in [0.15, 0.2) is 24.5 Å². The molecule has 1 aliphatic rings. The van der Waals surface area contributed by atoms with Gasteiger partial charge in [-0.25, -0.2) is 4.98 Å². The van der Waals surface area contributed by atoms with E-state index in [4.69, 9.17) is 0 Å². The normalized spacial score (nSPS) is 19.7. The van der Waals surface area contributed by atoms with E-state index in [-0.39, 0.29) is 18.4 Å². The topological polar surface area (TPSA) is 102 Å². The molecule has 27 heavy (non-hydrogen) atoms. The summed E-state index contributed by atoms with van der Waals surface area (Å²) in [6, 6.07) is 4.08. The predicted octanol–water partition coefficient (Wildman–Crippen LogP) is 2.76. The van der Waals surface area contributed by atoms with Crippen LogP contribution >= 0.6 is 0 Å². The third kappa shape index (κ3) is 2.70. The number of amides is 1. The Morgan fingerprint density at radius 2 is 1.93 bits per heavy atom. The molecule has 1 fully saturated rings. The summed E-state index contributed by atoms with van der Waals surface area (Å²) >= 11 is 0. The first-order valence-electron chi connectivity index (χ1n) is 8.98. The zero-order chi connectivity index (χ0) is 19.3. The third-order valence-corrected chi connectivity index (χ3v) is 5.63. The van der Waals surface area contributed by atoms with Crippen molar-refractivity contribution in [2.45, 2.75) is 26.7 Å². The zero-order valence-electron chi connectivity index (χ0n) is 15.5. The fraction of sp³-hybridized carbons (Fsp3) is 0.350. The van der Waals surface area contributed by atoms with Crippen molar-refractivity contribution < 1.29 is 14.7 Å². The number of likely N-dealkylation sites (tertiary alicyclic amines) is 1. The molecule has 140 valence electrons. The summed E-state index contributed by atoms with van der Waals surface area (Å²) in [4.78, 5) is 37.0. The number of carboxylic acids is 1. The molecule has 3 aromatic rings. The maximum absolute atomic E-state index is 13.2. The van der Waals surface area contributed by atoms with Gasteiger partial charge < -0.3 is 20.0 Å². The summed E-state index contributed by atoms with van der Waals surface area (Å²) in [6.07, 6.45) is 3.28. The average Bonchev–Trinajstić information content (AvgIpc) is 3.35. The van der Waals surface area contributed by atoms with Crippen LogP contribution in [0.1, 0.15) is 38.9 Å². The molecule has 2 aromatic heterocycles. The third-order valence-electron chi connectivity index (χ3n) is 5.63. The van der Waals surface area contributed by atoms with Gasteiger partial charge in [-0.05, 0) is 37.5 Å². The summed E-state index contributed by atoms with van der Waals surface area (Å²) in [5.41, 5.74) is 4.60. The van der Waals surface area contributed by atoms with Gasteiger partial charge in [0, 0.05) is 42.3 Å². The van der Waals surface area contributed by atoms with E-state index in [1.807, 2.05) is 26.8 Å². The van der Waals surface area contributed by atoms with Crippen LogP contribution in [0.4, 0.5) is 0 Å². The van der Waals surface area contributed by atoms with Crippen molar-refractivity contribution in [2.75, 3.05) is 13.1 Å². The van der Waals surface area contributed by atoms with E-state index in [0.717, 1.165) is 27.6 Å². The number of hydrogen-bond donors (Lipinski definition) is 3. The van der Waals surface area contributed by atoms with Crippen molar-refractivity contribution in [1.82, 2.24) is 19.9 Å². The van der Waals surface area contributed by atoms with Gasteiger partial charge in [0.25, 0.3) is 5.91 Å². The van der Waals surface area contributed by atoms with E-state index >= 15 is 0 Å². The van der Waals surface area contributed by atoms with Crippen molar-refractivity contribution in [1.29, 1.82) is 0 Å². The minimum Gasteiger partial charge on any atom is -0.481 e. The second-order valence-corrected chi connectivity index (χ2v) is 7.31. The molecule has 3 N–H and O–H groups in total. The van der Waals surface area contributed by atoms with Gasteiger partial charge in [0.05, 0.1) is 5.92 Å². The Morgan fingerprint density at radius 1 is 1.19 bits per heavy atom. The number of aryl methyl sites for hydroxylation is 3. The molecule has 7 nitrogen and oxygen atoms in total. The molecule has 1 saturated heterocycles. The molecular formula is C20H22N4O3. The molecule has 0 radical (unpaired) electrons. The summed E-state index contributed by atoms with van der Waals surface area (Å²) in [5, 5.41) is 10.7. The van der Waals surface area contributed by atoms with Gasteiger partial charge in [-0.15, -0.1) is 0 Å². The van der Waals surface area contributed by atoms with Crippen molar-refractivity contribution in [3.8, 4) is 0 Å². The maximum atomic E-state index is 13.2. The van der Waals surface area contributed by atoms with Crippen LogP contribution in [-0.4, -0.2) is 49.9 Å². The summed E-state index contributed by atoms with van der Waals surface area (Å²) in [6.45, 7) is 6.48. The van der Waals surface area contributed by atoms with Crippen molar-refractivity contribution >= 4 is 22.8 Å². The molecule has 2 atom stereocenters. The first kappa shape index (κ1) is 17.3. The van der Waals surface area contributed by atoms with E-state index in [0.29, 0.717) is 18.1 Å². The first-order valence-corrected chi connectivity index (χ1v) is 8.98. The molecule has 7 heteroatoms. The molecule has 1 amide bonds. The van der Waals surface area contributed by atoms with Gasteiger partial charge >= 0.3 is 5.97 Å². The Morgan fingerprint density at radius 3 is 2.56 bits per heavy atom. The summed E-state index contributed by atoms with van der Waals surface area (Å²) in [7, 11) is 0. The second kappa shape index (κ2) is 6.26. The number of aliphatic carboxylic acids is 1. The van der Waals surface area contributed by atoms with Gasteiger partial charge in [0.2, 0.25) is 0 Å². The summed E-state index contributed by atoms with van der Waals surface area (Å²) < 4.78 is 0. The van der Waals surface area contributed by atoms with Crippen LogP contribution in [0.3, 0.4) is 0 Å². The van der Waals surface area contributed by atoms with E-state index < -0.39 is 11.9 Å². The maximum Gasteiger partial charge on any atom is 0.309 e. The molecule has 0 bridgehead atoms. The standard InChI is InChI=1S/C20H22N4O3/c1-10-4-5-11(2)16-15(10)12(3)17(23-16)19(25)24-8-13(14(9-24)20(26)27)18-21-6-7-22-18/h4-7,13-14,23H,8-9H2,1-3H3,(H,21,22)(H,26,27)/t13-,14-/m1/s1. The quantitative estimate of drug-likeness (QED) is 0.663. The highest BCUT2D eigenvalue weighted by molar-refractivity contribution is 6.03. The minimum absolute atomic E-state index is 0.164. The Labute approximate surface area is 156 Å². The highest BCUT2D eigenvalue weighted by Crippen LogP contribution is 2.34. The molecule has 4 rings (SSSR count). The molecular weight excluding hydrogens is 344 g/mol. The lowest BCUT2D eigenvalue weighted by Gasteiger charge is -2.15. The Hall–Kier alpha value is -3.09. The van der Waals surface area contributed by atoms with Crippen LogP contribution in [0.2, 0.25) is 0 Å². The average molecular weight is 366 g/mol. The number of carbonyl (C=O) groups excluding carboxylic acids is 1. The largest absolute Gasteiger partial charge is 0.481 e. The van der Waals surface area contributed by atoms with E-state index in [1.54, 1.807) is 17.3 Å². The lowest BCUT2D eigenvalue weighted by molar-refractivity contribution is -0.141. The van der Waals surface area contributed by atoms with Crippen LogP contribution in [0.5, 0.6) is 0 Å². The van der Waals surface area contributed by atoms with Crippen LogP contribution < -0.4 is 0 Å². The number of rotatable bonds is 3. The number of nitrogens with one attached hydrogen (secondary N) is 2. The molecule has 0 unspecified atom stereocenters. The first-order chi connectivity index (χ1) is 12.9. The number of imidazole rings is 1. The number of carboxylic acid groups (broad SMARTS) is 1. The number of H-pyrrole nitrogens is 2. The zero-order valence-corrected chi connectivity index (χ0v) is 15.5. The SMILES string of the molecule is Cc1ccc(C)c2c(C)c(C(=O)N3C[C@@H](C(=O)O)[C@H](c4ncc[nH]4)C3)[nH]c12. The van der Waals surface area contributed by atoms with Crippen LogP contribution in [0.25, 0.3) is 10.9 Å². The minimum atomic E-state index is -0.910. The molecule has 1 aliphatic heterocycles. The van der Waals surface area contributed by atoms with Crippen LogP contribution in [-0.2, 0) is 4.79 Å². The van der Waals surface area contributed by atoms with Gasteiger partial charge in [0.1, 0.15) is 11.5 Å². The number of carbonyl (C=O) groups is 2. The van der Waals surface area contributed by atoms with E-state index in [1.165, 1.54) is 0 Å². The lowest BCUT2D eigenvalue weighted by Crippen LogP contribution is -2.30. The van der Waals surface area contributed by atoms with E-state index in [9.17, 15) is 14.7 Å². The second-order valence-electron chi connectivity index (χ2n) is 7.31. The lowest BCUT2D eigenvalue weighted by atomic mass is 9.96. The Balaban J connectivity index is 1.70. The smallest absolute Gasteiger partial charge is 0.309 e. The highest BCUT2D eigenvalue weighted by Gasteiger charge is 2.42. The number of nitrogens with zero attached hydrogens (tertiary/aromatic N) is 2. The van der Waals surface area contributed by atoms with Crippen molar-refractivity contribution in [3.63, 3.8) is 0 Å². The number of fused-ring (bicyclic) bond motifs is 1. The summed E-state index contributed by atoms with van der Waals surface area (Å²) in [5.74, 6) is -1.48. The number of hydrogen-bond acceptors (Lipinski definition) is 3. The Bertz CT molecular complexity index is 1040. The van der Waals surface area contributed by atoms with Crippen molar-refractivity contribution in [3.05, 3.63) is 52.7 Å². The van der Waals surface area contributed by atoms with E-state index in [2.05, 4.69) is 21.0 Å². The molecule has 0 spiro atoms. The van der Waals surface area contributed by atoms with Gasteiger partial charge in [-0.1, -0.05) is 12.1 Å². The number of benzene rings is 1. The van der Waals surface area contributed by atoms with Crippen LogP contribution in [0, 0.1) is 26.7 Å². The molecule has 1 aromatic carbocycles. The highest BCUT2D eigenvalue weighted by atomic mass is 16.4. The Kier molecular flexibility index (Phi) is 4.02. The molecule has 0 saturated carbocycles. The number of aromatic amines is 2. The predicted molar refractivity (Wildman–Crippen MR) is 101 cm³/mol. The van der Waals surface area contributed by atoms with Gasteiger partial charge in [0.15, 0.2) is 0 Å².